The molecular formula is C6H18BP. The summed E-state index contributed by atoms with van der Waals surface area (Å²) < 4.78 is 0. The van der Waals surface area contributed by atoms with Crippen LogP contribution in [0.25, 0.3) is 0 Å². The minimum atomic E-state index is 0. The second-order valence-electron chi connectivity index (χ2n) is 2.48. The molecule has 0 amide bonds. The Hall–Kier alpha value is 0.495. The first-order valence-corrected chi connectivity index (χ1v) is 4.04. The van der Waals surface area contributed by atoms with E-state index in [-0.39, 0.29) is 8.41 Å². The molecule has 2 heteroatoms. The Balaban J connectivity index is 0. The maximum atomic E-state index is 2.28. The van der Waals surface area contributed by atoms with Gasteiger partial charge in [-0.3, -0.25) is 0 Å². The molecule has 0 unspecified atom stereocenters. The molecule has 0 aliphatic carbocycles. The third-order valence-corrected chi connectivity index (χ3v) is 2.00. The number of hydrogen-bond acceptors (Lipinski definition) is 0. The molecule has 50 valence electrons. The van der Waals surface area contributed by atoms with Crippen LogP contribution in [-0.2, 0) is 0 Å². The van der Waals surface area contributed by atoms with E-state index >= 15 is 0 Å². The molecule has 0 heterocycles. The summed E-state index contributed by atoms with van der Waals surface area (Å²) in [6.07, 6.45) is 0. The molecule has 8 heavy (non-hydrogen) atoms. The van der Waals surface area contributed by atoms with Gasteiger partial charge in [0, 0.05) is 0 Å². The van der Waals surface area contributed by atoms with E-state index in [1.54, 1.807) is 0 Å². The summed E-state index contributed by atoms with van der Waals surface area (Å²) in [5.74, 6) is 0. The molecule has 0 rings (SSSR count). The average Bonchev–Trinajstić information content (AvgIpc) is 1.27. The molecular weight excluding hydrogens is 114 g/mol. The molecule has 0 aromatic carbocycles. The van der Waals surface area contributed by atoms with E-state index in [9.17, 15) is 0 Å². The van der Waals surface area contributed by atoms with Gasteiger partial charge in [-0.2, -0.15) is 0 Å². The number of hydrogen-bond donors (Lipinski definition) is 0. The molecule has 0 aliphatic rings. The van der Waals surface area contributed by atoms with Crippen LogP contribution in [0.5, 0.6) is 0 Å². The van der Waals surface area contributed by atoms with Crippen LogP contribution in [0.2, 0.25) is 0 Å². The quantitative estimate of drug-likeness (QED) is 0.392. The smallest absolute Gasteiger partial charge is 0.0814 e. The zero-order valence-electron chi connectivity index (χ0n) is 5.65. The van der Waals surface area contributed by atoms with Gasteiger partial charge in [0.05, 0.1) is 8.41 Å². The Morgan fingerprint density at radius 1 is 0.875 bits per heavy atom. The van der Waals surface area contributed by atoms with E-state index in [1.807, 2.05) is 0 Å². The van der Waals surface area contributed by atoms with E-state index in [0.29, 0.717) is 0 Å². The summed E-state index contributed by atoms with van der Waals surface area (Å²) in [5.41, 5.74) is 1.81. The van der Waals surface area contributed by atoms with Crippen molar-refractivity contribution in [2.45, 2.75) is 39.0 Å². The van der Waals surface area contributed by atoms with Crippen molar-refractivity contribution in [1.29, 1.82) is 0 Å². The van der Waals surface area contributed by atoms with Crippen molar-refractivity contribution in [3.63, 3.8) is 0 Å². The largest absolute Gasteiger partial charge is 0.117 e. The average molecular weight is 132 g/mol. The van der Waals surface area contributed by atoms with Crippen LogP contribution in [0.3, 0.4) is 0 Å². The van der Waals surface area contributed by atoms with Gasteiger partial charge < -0.3 is 0 Å². The standard InChI is InChI=1S/C6H15P.BH3/c1-5(2)7-6(3)4;/h5-7H,1-4H3;1H3. The lowest BCUT2D eigenvalue weighted by Gasteiger charge is -2.06. The van der Waals surface area contributed by atoms with Crippen molar-refractivity contribution < 1.29 is 0 Å². The molecule has 0 saturated carbocycles. The molecule has 0 saturated heterocycles. The van der Waals surface area contributed by atoms with Gasteiger partial charge in [0.1, 0.15) is 0 Å². The van der Waals surface area contributed by atoms with Crippen LogP contribution in [0.4, 0.5) is 0 Å². The summed E-state index contributed by atoms with van der Waals surface area (Å²) in [5, 5.41) is 0. The van der Waals surface area contributed by atoms with Crippen molar-refractivity contribution in [3.05, 3.63) is 0 Å². The van der Waals surface area contributed by atoms with Gasteiger partial charge in [-0.05, 0) is 11.3 Å². The fourth-order valence-corrected chi connectivity index (χ4v) is 2.00. The maximum absolute atomic E-state index is 2.28. The number of rotatable bonds is 2. The Bertz CT molecular complexity index is 37.8. The van der Waals surface area contributed by atoms with Crippen LogP contribution in [-0.4, -0.2) is 19.7 Å². The van der Waals surface area contributed by atoms with Crippen molar-refractivity contribution in [2.75, 3.05) is 0 Å². The van der Waals surface area contributed by atoms with Crippen molar-refractivity contribution in [2.24, 2.45) is 0 Å². The Kier molecular flexibility index (Phi) is 7.96. The van der Waals surface area contributed by atoms with E-state index in [4.69, 9.17) is 0 Å². The lowest BCUT2D eigenvalue weighted by Crippen LogP contribution is -1.90. The second kappa shape index (κ2) is 5.63. The fraction of sp³-hybridized carbons (Fsp3) is 1.00. The summed E-state index contributed by atoms with van der Waals surface area (Å²) >= 11 is 0. The van der Waals surface area contributed by atoms with Crippen LogP contribution < -0.4 is 0 Å². The minimum Gasteiger partial charge on any atom is -0.117 e. The highest BCUT2D eigenvalue weighted by Crippen LogP contribution is 2.23. The molecule has 0 atom stereocenters. The Morgan fingerprint density at radius 3 is 1.12 bits per heavy atom. The van der Waals surface area contributed by atoms with Gasteiger partial charge in [-0.15, -0.1) is 8.58 Å². The first-order valence-electron chi connectivity index (χ1n) is 2.89. The normalized spacial score (nSPS) is 9.75. The highest BCUT2D eigenvalue weighted by Gasteiger charge is 1.95. The van der Waals surface area contributed by atoms with Crippen LogP contribution in [0.15, 0.2) is 0 Å². The van der Waals surface area contributed by atoms with E-state index in [0.717, 1.165) is 19.9 Å². The first-order chi connectivity index (χ1) is 3.13. The first kappa shape index (κ1) is 11.3. The highest BCUT2D eigenvalue weighted by atomic mass is 31.1. The topological polar surface area (TPSA) is 0 Å². The Labute approximate surface area is 56.8 Å². The molecule has 0 aliphatic heterocycles. The Morgan fingerprint density at radius 2 is 1.12 bits per heavy atom. The monoisotopic (exact) mass is 132 g/mol. The third-order valence-electron chi connectivity index (χ3n) is 0.667. The van der Waals surface area contributed by atoms with Gasteiger partial charge in [-0.25, -0.2) is 0 Å². The summed E-state index contributed by atoms with van der Waals surface area (Å²) in [4.78, 5) is 0. The van der Waals surface area contributed by atoms with Crippen molar-refractivity contribution in [1.82, 2.24) is 0 Å². The molecule has 0 spiro atoms. The summed E-state index contributed by atoms with van der Waals surface area (Å²) in [6.45, 7) is 9.10. The third kappa shape index (κ3) is 9.71. The fourth-order valence-electron chi connectivity index (χ4n) is 0.667. The lowest BCUT2D eigenvalue weighted by molar-refractivity contribution is 1.03. The lowest BCUT2D eigenvalue weighted by atomic mass is 10.5. The molecule has 0 fully saturated rings. The van der Waals surface area contributed by atoms with Crippen molar-refractivity contribution in [3.8, 4) is 0 Å². The highest BCUT2D eigenvalue weighted by molar-refractivity contribution is 7.39. The SMILES string of the molecule is B.CC(C)PC(C)C. The molecule has 0 aromatic heterocycles. The van der Waals surface area contributed by atoms with Gasteiger partial charge in [0.25, 0.3) is 0 Å². The zero-order valence-corrected chi connectivity index (χ0v) is 6.65. The van der Waals surface area contributed by atoms with Gasteiger partial charge in [0.2, 0.25) is 0 Å². The van der Waals surface area contributed by atoms with Gasteiger partial charge in [-0.1, -0.05) is 27.7 Å². The summed E-state index contributed by atoms with van der Waals surface area (Å²) in [7, 11) is 1.15. The molecule has 0 radical (unpaired) electrons. The van der Waals surface area contributed by atoms with Crippen molar-refractivity contribution >= 4 is 17.0 Å². The van der Waals surface area contributed by atoms with Gasteiger partial charge in [0.15, 0.2) is 0 Å². The second-order valence-corrected chi connectivity index (χ2v) is 5.12. The zero-order chi connectivity index (χ0) is 5.86. The minimum absolute atomic E-state index is 0. The van der Waals surface area contributed by atoms with E-state index < -0.39 is 0 Å². The van der Waals surface area contributed by atoms with E-state index in [2.05, 4.69) is 27.7 Å². The molecule has 0 bridgehead atoms. The van der Waals surface area contributed by atoms with E-state index in [1.165, 1.54) is 0 Å². The van der Waals surface area contributed by atoms with Crippen LogP contribution in [0.1, 0.15) is 27.7 Å². The van der Waals surface area contributed by atoms with Crippen LogP contribution >= 0.6 is 8.58 Å². The molecule has 0 aromatic rings. The van der Waals surface area contributed by atoms with Crippen LogP contribution in [0, 0.1) is 0 Å². The van der Waals surface area contributed by atoms with Gasteiger partial charge >= 0.3 is 0 Å². The summed E-state index contributed by atoms with van der Waals surface area (Å²) in [6, 6.07) is 0. The predicted octanol–water partition coefficient (Wildman–Crippen LogP) is 1.30. The predicted molar refractivity (Wildman–Crippen MR) is 48.5 cm³/mol. The maximum Gasteiger partial charge on any atom is 0.0814 e. The molecule has 0 nitrogen and oxygen atoms in total. The molecule has 0 N–H and O–H groups in total.